The van der Waals surface area contributed by atoms with E-state index >= 15 is 0 Å². The molecule has 20 heavy (non-hydrogen) atoms. The first kappa shape index (κ1) is 15.3. The van der Waals surface area contributed by atoms with Crippen LogP contribution in [0.5, 0.6) is 0 Å². The summed E-state index contributed by atoms with van der Waals surface area (Å²) in [6, 6.07) is 2.06. The van der Waals surface area contributed by atoms with E-state index in [1.807, 2.05) is 0 Å². The lowest BCUT2D eigenvalue weighted by atomic mass is 9.97. The molecule has 0 radical (unpaired) electrons. The molecule has 0 bridgehead atoms. The van der Waals surface area contributed by atoms with E-state index in [0.717, 1.165) is 17.4 Å². The Kier molecular flexibility index (Phi) is 3.88. The Balaban J connectivity index is 0.00000147. The van der Waals surface area contributed by atoms with Crippen molar-refractivity contribution in [3.8, 4) is 0 Å². The van der Waals surface area contributed by atoms with Crippen molar-refractivity contribution in [2.45, 2.75) is 25.1 Å². The summed E-state index contributed by atoms with van der Waals surface area (Å²) in [7, 11) is 0. The molecule has 0 saturated carbocycles. The van der Waals surface area contributed by atoms with Gasteiger partial charge in [0.25, 0.3) is 0 Å². The van der Waals surface area contributed by atoms with Crippen molar-refractivity contribution in [3.05, 3.63) is 28.1 Å². The van der Waals surface area contributed by atoms with Gasteiger partial charge in [0.1, 0.15) is 0 Å². The number of aliphatic hydroxyl groups is 1. The van der Waals surface area contributed by atoms with E-state index in [1.54, 1.807) is 4.57 Å². The SMILES string of the molecule is Cl.N=c1sc2cc(C(F)(F)F)cc3c2n1C(CO)CC3. The number of rotatable bonds is 1. The molecule has 2 heterocycles. The van der Waals surface area contributed by atoms with E-state index in [9.17, 15) is 18.3 Å². The van der Waals surface area contributed by atoms with Gasteiger partial charge >= 0.3 is 6.18 Å². The molecule has 8 heteroatoms. The van der Waals surface area contributed by atoms with Crippen LogP contribution in [0.2, 0.25) is 0 Å². The molecule has 3 nitrogen and oxygen atoms in total. The summed E-state index contributed by atoms with van der Waals surface area (Å²) in [5.41, 5.74) is 0.628. The second-order valence-electron chi connectivity index (χ2n) is 4.63. The number of halogens is 4. The average molecular weight is 325 g/mol. The van der Waals surface area contributed by atoms with E-state index in [1.165, 1.54) is 6.07 Å². The molecule has 3 rings (SSSR count). The fourth-order valence-electron chi connectivity index (χ4n) is 2.60. The Hall–Kier alpha value is -1.05. The number of benzene rings is 1. The van der Waals surface area contributed by atoms with E-state index < -0.39 is 11.7 Å². The number of aryl methyl sites for hydroxylation is 1. The summed E-state index contributed by atoms with van der Waals surface area (Å²) in [6.07, 6.45) is -3.30. The number of alkyl halides is 3. The second-order valence-corrected chi connectivity index (χ2v) is 5.66. The maximum absolute atomic E-state index is 12.8. The summed E-state index contributed by atoms with van der Waals surface area (Å²) in [4.78, 5) is 0.189. The number of hydrogen-bond donors (Lipinski definition) is 2. The molecule has 0 spiro atoms. The zero-order chi connectivity index (χ0) is 13.8. The second kappa shape index (κ2) is 5.05. The molecule has 1 aliphatic rings. The van der Waals surface area contributed by atoms with E-state index in [-0.39, 0.29) is 29.9 Å². The van der Waals surface area contributed by atoms with Gasteiger partial charge in [0.2, 0.25) is 0 Å². The van der Waals surface area contributed by atoms with Crippen LogP contribution in [0.15, 0.2) is 12.1 Å². The Morgan fingerprint density at radius 3 is 2.70 bits per heavy atom. The van der Waals surface area contributed by atoms with Gasteiger partial charge in [-0.05, 0) is 30.5 Å². The van der Waals surface area contributed by atoms with Crippen molar-refractivity contribution >= 4 is 34.0 Å². The van der Waals surface area contributed by atoms with Crippen LogP contribution in [0.25, 0.3) is 10.2 Å². The van der Waals surface area contributed by atoms with Crippen LogP contribution in [0, 0.1) is 5.41 Å². The number of aliphatic hydroxyl groups excluding tert-OH is 1. The highest BCUT2D eigenvalue weighted by atomic mass is 35.5. The third-order valence-corrected chi connectivity index (χ3v) is 4.39. The Bertz CT molecular complexity index is 707. The minimum absolute atomic E-state index is 0. The van der Waals surface area contributed by atoms with Crippen LogP contribution in [0.1, 0.15) is 23.6 Å². The van der Waals surface area contributed by atoms with Gasteiger partial charge < -0.3 is 9.67 Å². The lowest BCUT2D eigenvalue weighted by Crippen LogP contribution is -2.26. The van der Waals surface area contributed by atoms with E-state index in [2.05, 4.69) is 0 Å². The molecular weight excluding hydrogens is 313 g/mol. The van der Waals surface area contributed by atoms with Crippen LogP contribution in [-0.4, -0.2) is 16.3 Å². The van der Waals surface area contributed by atoms with Crippen LogP contribution in [-0.2, 0) is 12.6 Å². The lowest BCUT2D eigenvalue weighted by Gasteiger charge is -2.24. The van der Waals surface area contributed by atoms with Crippen LogP contribution in [0.3, 0.4) is 0 Å². The van der Waals surface area contributed by atoms with Crippen molar-refractivity contribution in [1.82, 2.24) is 4.57 Å². The Morgan fingerprint density at radius 2 is 2.10 bits per heavy atom. The number of hydrogen-bond acceptors (Lipinski definition) is 3. The molecule has 0 amide bonds. The summed E-state index contributed by atoms with van der Waals surface area (Å²) in [6.45, 7) is -0.0944. The standard InChI is InChI=1S/C12H11F3N2OS.ClH/c13-12(14,15)7-3-6-1-2-8(5-18)17-10(6)9(4-7)19-11(17)16;/h3-4,8,16,18H,1-2,5H2;1H. The van der Waals surface area contributed by atoms with Gasteiger partial charge in [-0.3, -0.25) is 5.41 Å². The topological polar surface area (TPSA) is 49.0 Å². The van der Waals surface area contributed by atoms with Gasteiger partial charge in [-0.1, -0.05) is 11.3 Å². The van der Waals surface area contributed by atoms with E-state index in [4.69, 9.17) is 5.41 Å². The van der Waals surface area contributed by atoms with Crippen molar-refractivity contribution in [3.63, 3.8) is 0 Å². The van der Waals surface area contributed by atoms with Gasteiger partial charge in [0.05, 0.1) is 28.4 Å². The maximum atomic E-state index is 12.8. The van der Waals surface area contributed by atoms with Gasteiger partial charge in [-0.25, -0.2) is 0 Å². The number of thiazole rings is 1. The summed E-state index contributed by atoms with van der Waals surface area (Å²) in [5.74, 6) is 0. The molecule has 1 aromatic carbocycles. The smallest absolute Gasteiger partial charge is 0.394 e. The molecule has 0 fully saturated rings. The largest absolute Gasteiger partial charge is 0.416 e. The monoisotopic (exact) mass is 324 g/mol. The zero-order valence-corrected chi connectivity index (χ0v) is 11.8. The Labute approximate surface area is 122 Å². The molecule has 1 unspecified atom stereocenters. The normalized spacial score (nSPS) is 18.1. The van der Waals surface area contributed by atoms with Gasteiger partial charge in [-0.2, -0.15) is 13.2 Å². The first-order valence-corrected chi connectivity index (χ1v) is 6.64. The molecule has 0 saturated heterocycles. The molecule has 2 N–H and O–H groups in total. The van der Waals surface area contributed by atoms with Crippen LogP contribution < -0.4 is 4.80 Å². The third kappa shape index (κ3) is 2.23. The fraction of sp³-hybridized carbons (Fsp3) is 0.417. The van der Waals surface area contributed by atoms with Gasteiger partial charge in [0.15, 0.2) is 4.80 Å². The van der Waals surface area contributed by atoms with Crippen LogP contribution in [0.4, 0.5) is 13.2 Å². The van der Waals surface area contributed by atoms with Crippen LogP contribution >= 0.6 is 23.7 Å². The predicted molar refractivity (Wildman–Crippen MR) is 72.4 cm³/mol. The highest BCUT2D eigenvalue weighted by Crippen LogP contribution is 2.37. The molecule has 1 aromatic heterocycles. The molecule has 1 atom stereocenters. The maximum Gasteiger partial charge on any atom is 0.416 e. The predicted octanol–water partition coefficient (Wildman–Crippen LogP) is 3.10. The zero-order valence-electron chi connectivity index (χ0n) is 10.2. The molecule has 110 valence electrons. The van der Waals surface area contributed by atoms with Gasteiger partial charge in [0, 0.05) is 0 Å². The highest BCUT2D eigenvalue weighted by molar-refractivity contribution is 7.16. The fourth-order valence-corrected chi connectivity index (χ4v) is 3.66. The van der Waals surface area contributed by atoms with Crippen molar-refractivity contribution in [1.29, 1.82) is 5.41 Å². The molecule has 2 aromatic rings. The minimum atomic E-state index is -4.37. The van der Waals surface area contributed by atoms with Crippen molar-refractivity contribution in [2.24, 2.45) is 0 Å². The number of nitrogens with zero attached hydrogens (tertiary/aromatic N) is 1. The lowest BCUT2D eigenvalue weighted by molar-refractivity contribution is -0.137. The van der Waals surface area contributed by atoms with Gasteiger partial charge in [-0.15, -0.1) is 12.4 Å². The molecule has 1 aliphatic heterocycles. The molecular formula is C12H12ClF3N2OS. The third-order valence-electron chi connectivity index (χ3n) is 3.47. The first-order chi connectivity index (χ1) is 8.91. The van der Waals surface area contributed by atoms with Crippen molar-refractivity contribution < 1.29 is 18.3 Å². The number of aromatic nitrogens is 1. The Morgan fingerprint density at radius 1 is 1.40 bits per heavy atom. The summed E-state index contributed by atoms with van der Waals surface area (Å²) >= 11 is 1.03. The van der Waals surface area contributed by atoms with Crippen molar-refractivity contribution in [2.75, 3.05) is 6.61 Å². The van der Waals surface area contributed by atoms with E-state index in [0.29, 0.717) is 28.6 Å². The summed E-state index contributed by atoms with van der Waals surface area (Å²) in [5, 5.41) is 17.2. The minimum Gasteiger partial charge on any atom is -0.394 e. The average Bonchev–Trinajstić information content (AvgIpc) is 2.67. The number of nitrogens with one attached hydrogen (secondary N) is 1. The quantitative estimate of drug-likeness (QED) is 0.832. The summed E-state index contributed by atoms with van der Waals surface area (Å²) < 4.78 is 40.6. The molecule has 0 aliphatic carbocycles. The first-order valence-electron chi connectivity index (χ1n) is 5.82. The highest BCUT2D eigenvalue weighted by Gasteiger charge is 2.33.